The van der Waals surface area contributed by atoms with E-state index in [0.29, 0.717) is 22.9 Å². The number of benzene rings is 3. The van der Waals surface area contributed by atoms with Gasteiger partial charge in [0, 0.05) is 30.6 Å². The van der Waals surface area contributed by atoms with Crippen LogP contribution in [0.1, 0.15) is 34.6 Å². The number of aromatic nitrogens is 2. The Labute approximate surface area is 210 Å². The molecule has 0 spiro atoms. The van der Waals surface area contributed by atoms with Gasteiger partial charge in [-0.2, -0.15) is 5.10 Å². The van der Waals surface area contributed by atoms with E-state index in [9.17, 15) is 13.2 Å². The fourth-order valence-electron chi connectivity index (χ4n) is 4.54. The van der Waals surface area contributed by atoms with E-state index in [1.165, 1.54) is 4.68 Å². The minimum absolute atomic E-state index is 0.100. The number of likely N-dealkylation sites (tertiary alicyclic amines) is 1. The Morgan fingerprint density at radius 1 is 0.972 bits per heavy atom. The predicted molar refractivity (Wildman–Crippen MR) is 141 cm³/mol. The third-order valence-corrected chi connectivity index (χ3v) is 7.48. The fraction of sp³-hybridized carbons (Fsp3) is 0.222. The summed E-state index contributed by atoms with van der Waals surface area (Å²) in [6, 6.07) is 19.6. The molecule has 0 saturated carbocycles. The molecule has 0 aliphatic carbocycles. The lowest BCUT2D eigenvalue weighted by Crippen LogP contribution is -2.27. The third kappa shape index (κ3) is 4.61. The normalized spacial score (nSPS) is 13.8. The van der Waals surface area contributed by atoms with Crippen LogP contribution in [0.25, 0.3) is 16.5 Å². The molecule has 8 nitrogen and oxygen atoms in total. The number of hydrogen-bond donors (Lipinski definition) is 2. The van der Waals surface area contributed by atoms with Gasteiger partial charge in [0.15, 0.2) is 9.84 Å². The van der Waals surface area contributed by atoms with Crippen molar-refractivity contribution in [1.82, 2.24) is 14.7 Å². The van der Waals surface area contributed by atoms with Crippen molar-refractivity contribution in [3.8, 4) is 5.69 Å². The molecule has 5 rings (SSSR count). The molecule has 0 unspecified atom stereocenters. The summed E-state index contributed by atoms with van der Waals surface area (Å²) in [4.78, 5) is 15.5. The summed E-state index contributed by atoms with van der Waals surface area (Å²) in [5.74, 6) is 0.0780. The number of aryl methyl sites for hydroxylation is 1. The van der Waals surface area contributed by atoms with Crippen LogP contribution in [-0.4, -0.2) is 54.2 Å². The quantitative estimate of drug-likeness (QED) is 0.311. The van der Waals surface area contributed by atoms with E-state index in [1.807, 2.05) is 36.4 Å². The van der Waals surface area contributed by atoms with E-state index < -0.39 is 15.7 Å². The van der Waals surface area contributed by atoms with Crippen molar-refractivity contribution in [2.24, 2.45) is 0 Å². The van der Waals surface area contributed by atoms with E-state index in [4.69, 9.17) is 5.41 Å². The summed E-state index contributed by atoms with van der Waals surface area (Å²) in [5, 5.41) is 17.4. The number of nitrogens with zero attached hydrogens (tertiary/aromatic N) is 3. The Balaban J connectivity index is 1.47. The highest BCUT2D eigenvalue weighted by Crippen LogP contribution is 2.28. The van der Waals surface area contributed by atoms with Gasteiger partial charge in [-0.15, -0.1) is 0 Å². The molecule has 4 aromatic rings. The molecular formula is C27H27N5O3S. The van der Waals surface area contributed by atoms with Gasteiger partial charge in [-0.25, -0.2) is 13.1 Å². The maximum atomic E-state index is 13.3. The molecule has 1 aliphatic rings. The van der Waals surface area contributed by atoms with Gasteiger partial charge in [0.1, 0.15) is 11.5 Å². The van der Waals surface area contributed by atoms with E-state index in [0.717, 1.165) is 48.5 Å². The van der Waals surface area contributed by atoms with E-state index in [-0.39, 0.29) is 10.6 Å². The molecule has 3 aromatic carbocycles. The molecular weight excluding hydrogens is 474 g/mol. The zero-order chi connectivity index (χ0) is 25.4. The van der Waals surface area contributed by atoms with Gasteiger partial charge in [0.2, 0.25) is 0 Å². The van der Waals surface area contributed by atoms with Crippen molar-refractivity contribution in [1.29, 1.82) is 5.41 Å². The van der Waals surface area contributed by atoms with Crippen LogP contribution in [0, 0.1) is 12.3 Å². The van der Waals surface area contributed by atoms with Crippen molar-refractivity contribution in [3.05, 3.63) is 83.7 Å². The van der Waals surface area contributed by atoms with Crippen LogP contribution in [-0.2, 0) is 9.84 Å². The number of hydrogen-bond acceptors (Lipinski definition) is 5. The molecule has 9 heteroatoms. The number of fused-ring (bicyclic) bond motifs is 1. The van der Waals surface area contributed by atoms with Crippen LogP contribution in [0.4, 0.5) is 5.69 Å². The van der Waals surface area contributed by atoms with Crippen LogP contribution < -0.4 is 5.32 Å². The zero-order valence-corrected chi connectivity index (χ0v) is 21.0. The van der Waals surface area contributed by atoms with Crippen LogP contribution >= 0.6 is 0 Å². The molecule has 1 aliphatic heterocycles. The first kappa shape index (κ1) is 23.7. The summed E-state index contributed by atoms with van der Waals surface area (Å²) in [5.41, 5.74) is 2.50. The van der Waals surface area contributed by atoms with Gasteiger partial charge in [-0.1, -0.05) is 24.3 Å². The molecule has 36 heavy (non-hydrogen) atoms. The van der Waals surface area contributed by atoms with Gasteiger partial charge in [0.25, 0.3) is 5.91 Å². The lowest BCUT2D eigenvalue weighted by Gasteiger charge is -2.18. The second-order valence-electron chi connectivity index (χ2n) is 9.10. The van der Waals surface area contributed by atoms with Crippen molar-refractivity contribution in [2.75, 3.05) is 24.7 Å². The number of carbonyl (C=O) groups excluding carboxylic acids is 1. The van der Waals surface area contributed by atoms with Crippen LogP contribution in [0.15, 0.2) is 71.6 Å². The monoisotopic (exact) mass is 501 g/mol. The standard InChI is InChI=1S/C27H27N5O3S/c1-18-15-24(27(33)29-22-11-9-19(10-12-22)26(28)31-13-5-6-14-31)32(30-18)23-16-20-7-3-4-8-21(20)17-25(23)36(2,34)35/h3-4,7-12,15-17,28H,5-6,13-14H2,1-2H3,(H,29,33). The van der Waals surface area contributed by atoms with Crippen LogP contribution in [0.3, 0.4) is 0 Å². The van der Waals surface area contributed by atoms with Crippen molar-refractivity contribution in [3.63, 3.8) is 0 Å². The van der Waals surface area contributed by atoms with Gasteiger partial charge in [-0.05, 0) is 73.0 Å². The zero-order valence-electron chi connectivity index (χ0n) is 20.2. The summed E-state index contributed by atoms with van der Waals surface area (Å²) >= 11 is 0. The van der Waals surface area contributed by atoms with Crippen molar-refractivity contribution in [2.45, 2.75) is 24.7 Å². The molecule has 1 aromatic heterocycles. The Bertz CT molecular complexity index is 1580. The first-order valence-electron chi connectivity index (χ1n) is 11.8. The second-order valence-corrected chi connectivity index (χ2v) is 11.1. The first-order chi connectivity index (χ1) is 17.2. The van der Waals surface area contributed by atoms with E-state index in [1.54, 1.807) is 37.3 Å². The molecule has 1 saturated heterocycles. The molecule has 0 atom stereocenters. The topological polar surface area (TPSA) is 108 Å². The van der Waals surface area contributed by atoms with Crippen LogP contribution in [0.2, 0.25) is 0 Å². The fourth-order valence-corrected chi connectivity index (χ4v) is 5.41. The van der Waals surface area contributed by atoms with E-state index in [2.05, 4.69) is 15.3 Å². The second kappa shape index (κ2) is 9.23. The minimum Gasteiger partial charge on any atom is -0.357 e. The molecule has 2 N–H and O–H groups in total. The maximum absolute atomic E-state index is 13.3. The lowest BCUT2D eigenvalue weighted by molar-refractivity contribution is 0.101. The average Bonchev–Trinajstić information content (AvgIpc) is 3.53. The predicted octanol–water partition coefficient (Wildman–Crippen LogP) is 4.41. The molecule has 0 bridgehead atoms. The number of sulfone groups is 1. The SMILES string of the molecule is Cc1cc(C(=O)Nc2ccc(C(=N)N3CCCC3)cc2)n(-c2cc3ccccc3cc2S(C)(=O)=O)n1. The Morgan fingerprint density at radius 2 is 1.61 bits per heavy atom. The highest BCUT2D eigenvalue weighted by molar-refractivity contribution is 7.90. The number of amides is 1. The number of amidine groups is 1. The summed E-state index contributed by atoms with van der Waals surface area (Å²) in [6.07, 6.45) is 3.35. The third-order valence-electron chi connectivity index (χ3n) is 6.36. The molecule has 184 valence electrons. The number of anilines is 1. The molecule has 1 fully saturated rings. The highest BCUT2D eigenvalue weighted by Gasteiger charge is 2.23. The van der Waals surface area contributed by atoms with Gasteiger partial charge in [0.05, 0.1) is 16.3 Å². The largest absolute Gasteiger partial charge is 0.357 e. The van der Waals surface area contributed by atoms with Crippen molar-refractivity contribution >= 4 is 38.0 Å². The van der Waals surface area contributed by atoms with Gasteiger partial charge < -0.3 is 10.2 Å². The van der Waals surface area contributed by atoms with Gasteiger partial charge in [-0.3, -0.25) is 10.2 Å². The number of rotatable bonds is 5. The maximum Gasteiger partial charge on any atom is 0.274 e. The minimum atomic E-state index is -3.60. The summed E-state index contributed by atoms with van der Waals surface area (Å²) in [7, 11) is -3.60. The van der Waals surface area contributed by atoms with Crippen molar-refractivity contribution < 1.29 is 13.2 Å². The number of carbonyl (C=O) groups is 1. The molecule has 0 radical (unpaired) electrons. The van der Waals surface area contributed by atoms with Crippen LogP contribution in [0.5, 0.6) is 0 Å². The summed E-state index contributed by atoms with van der Waals surface area (Å²) < 4.78 is 26.7. The van der Waals surface area contributed by atoms with E-state index >= 15 is 0 Å². The smallest absolute Gasteiger partial charge is 0.274 e. The molecule has 1 amide bonds. The Morgan fingerprint density at radius 3 is 2.25 bits per heavy atom. The lowest BCUT2D eigenvalue weighted by atomic mass is 10.1. The first-order valence-corrected chi connectivity index (χ1v) is 13.6. The molecule has 2 heterocycles. The van der Waals surface area contributed by atoms with Gasteiger partial charge >= 0.3 is 0 Å². The highest BCUT2D eigenvalue weighted by atomic mass is 32.2. The number of nitrogens with one attached hydrogen (secondary N) is 2. The summed E-state index contributed by atoms with van der Waals surface area (Å²) in [6.45, 7) is 3.54. The average molecular weight is 502 g/mol. The Kier molecular flexibility index (Phi) is 6.09. The Hall–Kier alpha value is -3.98.